The molecule has 0 spiro atoms. The minimum atomic E-state index is -0.875. The van der Waals surface area contributed by atoms with E-state index in [9.17, 15) is 9.59 Å². The van der Waals surface area contributed by atoms with Crippen LogP contribution in [-0.2, 0) is 22.6 Å². The highest BCUT2D eigenvalue weighted by molar-refractivity contribution is 7.99. The Hall–Kier alpha value is -1.50. The number of nitrogens with one attached hydrogen (secondary N) is 1. The normalized spacial score (nSPS) is 10.8. The van der Waals surface area contributed by atoms with Crippen molar-refractivity contribution in [3.05, 3.63) is 11.9 Å². The average Bonchev–Trinajstić information content (AvgIpc) is 2.75. The first-order valence-electron chi connectivity index (χ1n) is 6.62. The largest absolute Gasteiger partial charge is 0.481 e. The van der Waals surface area contributed by atoms with E-state index < -0.39 is 5.97 Å². The molecular weight excluding hydrogens is 278 g/mol. The summed E-state index contributed by atoms with van der Waals surface area (Å²) in [6.07, 6.45) is 2.90. The van der Waals surface area contributed by atoms with Crippen LogP contribution in [0.1, 0.15) is 32.9 Å². The van der Waals surface area contributed by atoms with Crippen LogP contribution in [-0.4, -0.2) is 38.3 Å². The molecule has 0 radical (unpaired) electrons. The molecule has 2 N–H and O–H groups in total. The number of thioether (sulfide) groups is 1. The molecule has 20 heavy (non-hydrogen) atoms. The van der Waals surface area contributed by atoms with Crippen LogP contribution < -0.4 is 5.32 Å². The molecule has 7 heteroatoms. The van der Waals surface area contributed by atoms with Crippen molar-refractivity contribution < 1.29 is 14.7 Å². The Morgan fingerprint density at radius 1 is 1.50 bits per heavy atom. The number of hydrogen-bond acceptors (Lipinski definition) is 4. The number of carbonyl (C=O) groups is 2. The molecule has 1 heterocycles. The summed E-state index contributed by atoms with van der Waals surface area (Å²) in [7, 11) is 0. The topological polar surface area (TPSA) is 84.2 Å². The summed E-state index contributed by atoms with van der Waals surface area (Å²) in [4.78, 5) is 26.5. The SMILES string of the molecule is CCc1cnc(SCC(=O)O)n1CCC(=O)NC(C)C. The molecule has 0 bridgehead atoms. The summed E-state index contributed by atoms with van der Waals surface area (Å²) in [5.41, 5.74) is 1.01. The Morgan fingerprint density at radius 3 is 2.75 bits per heavy atom. The van der Waals surface area contributed by atoms with Gasteiger partial charge in [0.15, 0.2) is 5.16 Å². The number of hydrogen-bond donors (Lipinski definition) is 2. The molecule has 1 aromatic rings. The van der Waals surface area contributed by atoms with E-state index in [1.807, 2.05) is 25.3 Å². The van der Waals surface area contributed by atoms with E-state index in [0.717, 1.165) is 12.1 Å². The highest BCUT2D eigenvalue weighted by Crippen LogP contribution is 2.19. The Labute approximate surface area is 123 Å². The van der Waals surface area contributed by atoms with E-state index in [2.05, 4.69) is 10.3 Å². The molecule has 0 atom stereocenters. The van der Waals surface area contributed by atoms with Crippen LogP contribution in [0.15, 0.2) is 11.4 Å². The Morgan fingerprint density at radius 2 is 2.20 bits per heavy atom. The van der Waals surface area contributed by atoms with Crippen LogP contribution in [0.5, 0.6) is 0 Å². The van der Waals surface area contributed by atoms with Crippen molar-refractivity contribution in [3.8, 4) is 0 Å². The maximum absolute atomic E-state index is 11.7. The lowest BCUT2D eigenvalue weighted by atomic mass is 10.3. The minimum absolute atomic E-state index is 0.00932. The summed E-state index contributed by atoms with van der Waals surface area (Å²) in [6.45, 7) is 6.36. The zero-order valence-electron chi connectivity index (χ0n) is 12.0. The van der Waals surface area contributed by atoms with E-state index in [4.69, 9.17) is 5.11 Å². The first kappa shape index (κ1) is 16.6. The van der Waals surface area contributed by atoms with Gasteiger partial charge in [0.1, 0.15) is 0 Å². The Balaban J connectivity index is 2.68. The second-order valence-electron chi connectivity index (χ2n) is 4.69. The lowest BCUT2D eigenvalue weighted by Gasteiger charge is -2.12. The summed E-state index contributed by atoms with van der Waals surface area (Å²) >= 11 is 1.18. The molecule has 0 aromatic carbocycles. The minimum Gasteiger partial charge on any atom is -0.481 e. The van der Waals surface area contributed by atoms with Gasteiger partial charge >= 0.3 is 5.97 Å². The number of imidazole rings is 1. The molecule has 0 unspecified atom stereocenters. The van der Waals surface area contributed by atoms with E-state index in [1.54, 1.807) is 6.20 Å². The van der Waals surface area contributed by atoms with Gasteiger partial charge in [-0.25, -0.2) is 4.98 Å². The molecule has 1 rings (SSSR count). The monoisotopic (exact) mass is 299 g/mol. The fourth-order valence-electron chi connectivity index (χ4n) is 1.76. The highest BCUT2D eigenvalue weighted by Gasteiger charge is 2.12. The third kappa shape index (κ3) is 5.24. The van der Waals surface area contributed by atoms with Gasteiger partial charge in [0.2, 0.25) is 5.91 Å². The summed E-state index contributed by atoms with van der Waals surface area (Å²) in [6, 6.07) is 0.122. The second kappa shape index (κ2) is 7.94. The van der Waals surface area contributed by atoms with Gasteiger partial charge in [0, 0.05) is 30.9 Å². The van der Waals surface area contributed by atoms with Crippen LogP contribution in [0.4, 0.5) is 0 Å². The van der Waals surface area contributed by atoms with Crippen LogP contribution in [0.3, 0.4) is 0 Å². The first-order chi connectivity index (χ1) is 9.43. The van der Waals surface area contributed by atoms with Gasteiger partial charge in [-0.3, -0.25) is 9.59 Å². The molecule has 1 amide bonds. The molecule has 0 fully saturated rings. The van der Waals surface area contributed by atoms with Gasteiger partial charge < -0.3 is 15.0 Å². The van der Waals surface area contributed by atoms with Gasteiger partial charge in [0.05, 0.1) is 5.75 Å². The van der Waals surface area contributed by atoms with E-state index in [0.29, 0.717) is 18.1 Å². The third-order valence-corrected chi connectivity index (χ3v) is 3.58. The van der Waals surface area contributed by atoms with Crippen LogP contribution in [0.2, 0.25) is 0 Å². The average molecular weight is 299 g/mol. The molecule has 0 aliphatic carbocycles. The fraction of sp³-hybridized carbons (Fsp3) is 0.615. The maximum atomic E-state index is 11.7. The van der Waals surface area contributed by atoms with Gasteiger partial charge in [0.25, 0.3) is 0 Å². The summed E-state index contributed by atoms with van der Waals surface area (Å²) in [5, 5.41) is 12.2. The second-order valence-corrected chi connectivity index (χ2v) is 5.63. The number of aliphatic carboxylic acids is 1. The van der Waals surface area contributed by atoms with Crippen LogP contribution >= 0.6 is 11.8 Å². The lowest BCUT2D eigenvalue weighted by molar-refractivity contribution is -0.134. The standard InChI is InChI=1S/C13H21N3O3S/c1-4-10-7-14-13(20-8-12(18)19)16(10)6-5-11(17)15-9(2)3/h7,9H,4-6,8H2,1-3H3,(H,15,17)(H,18,19). The zero-order valence-corrected chi connectivity index (χ0v) is 12.9. The number of aryl methyl sites for hydroxylation is 1. The number of aromatic nitrogens is 2. The smallest absolute Gasteiger partial charge is 0.313 e. The Kier molecular flexibility index (Phi) is 6.57. The highest BCUT2D eigenvalue weighted by atomic mass is 32.2. The number of carboxylic acids is 1. The van der Waals surface area contributed by atoms with Crippen molar-refractivity contribution in [2.45, 2.75) is 51.4 Å². The molecular formula is C13H21N3O3S. The van der Waals surface area contributed by atoms with Gasteiger partial charge in [-0.05, 0) is 20.3 Å². The lowest BCUT2D eigenvalue weighted by Crippen LogP contribution is -2.30. The molecule has 0 aliphatic rings. The first-order valence-corrected chi connectivity index (χ1v) is 7.61. The third-order valence-electron chi connectivity index (χ3n) is 2.60. The maximum Gasteiger partial charge on any atom is 0.313 e. The quantitative estimate of drug-likeness (QED) is 0.711. The molecule has 0 aliphatic heterocycles. The van der Waals surface area contributed by atoms with E-state index in [-0.39, 0.29) is 17.7 Å². The fourth-order valence-corrected chi connectivity index (χ4v) is 2.51. The zero-order chi connectivity index (χ0) is 15.1. The van der Waals surface area contributed by atoms with Crippen molar-refractivity contribution in [1.29, 1.82) is 0 Å². The van der Waals surface area contributed by atoms with Crippen molar-refractivity contribution in [2.75, 3.05) is 5.75 Å². The predicted octanol–water partition coefficient (Wildman–Crippen LogP) is 1.54. The van der Waals surface area contributed by atoms with Gasteiger partial charge in [-0.15, -0.1) is 0 Å². The number of rotatable bonds is 8. The summed E-state index contributed by atoms with van der Waals surface area (Å²) < 4.78 is 1.92. The molecule has 6 nitrogen and oxygen atoms in total. The van der Waals surface area contributed by atoms with Crippen molar-refractivity contribution in [1.82, 2.24) is 14.9 Å². The number of amides is 1. The van der Waals surface area contributed by atoms with Gasteiger partial charge in [-0.2, -0.15) is 0 Å². The number of nitrogens with zero attached hydrogens (tertiary/aromatic N) is 2. The molecule has 0 saturated carbocycles. The van der Waals surface area contributed by atoms with Gasteiger partial charge in [-0.1, -0.05) is 18.7 Å². The number of carbonyl (C=O) groups excluding carboxylic acids is 1. The summed E-state index contributed by atoms with van der Waals surface area (Å²) in [5.74, 6) is -0.914. The van der Waals surface area contributed by atoms with Crippen LogP contribution in [0, 0.1) is 0 Å². The molecule has 0 saturated heterocycles. The van der Waals surface area contributed by atoms with Crippen molar-refractivity contribution in [2.24, 2.45) is 0 Å². The van der Waals surface area contributed by atoms with Crippen molar-refractivity contribution >= 4 is 23.6 Å². The Bertz CT molecular complexity index is 471. The predicted molar refractivity (Wildman–Crippen MR) is 77.9 cm³/mol. The number of carboxylic acid groups (broad SMARTS) is 1. The van der Waals surface area contributed by atoms with E-state index in [1.165, 1.54) is 11.8 Å². The molecule has 112 valence electrons. The molecule has 1 aromatic heterocycles. The van der Waals surface area contributed by atoms with Crippen LogP contribution in [0.25, 0.3) is 0 Å². The van der Waals surface area contributed by atoms with Crippen molar-refractivity contribution in [3.63, 3.8) is 0 Å². The van der Waals surface area contributed by atoms with E-state index >= 15 is 0 Å².